The monoisotopic (exact) mass is 141 g/mol. The van der Waals surface area contributed by atoms with Gasteiger partial charge in [-0.25, -0.2) is 0 Å². The first kappa shape index (κ1) is 8.06. The van der Waals surface area contributed by atoms with Crippen molar-refractivity contribution in [2.45, 2.75) is 52.0 Å². The van der Waals surface area contributed by atoms with Gasteiger partial charge in [-0.1, -0.05) is 33.6 Å². The Bertz CT molecular complexity index is 129. The van der Waals surface area contributed by atoms with Crippen LogP contribution in [-0.2, 0) is 0 Å². The second-order valence-electron chi connectivity index (χ2n) is 4.32. The van der Waals surface area contributed by atoms with Crippen LogP contribution in [0.25, 0.3) is 0 Å². The van der Waals surface area contributed by atoms with E-state index < -0.39 is 0 Å². The molecule has 1 heteroatoms. The van der Waals surface area contributed by atoms with Crippen LogP contribution in [0.3, 0.4) is 0 Å². The predicted molar refractivity (Wildman–Crippen MR) is 44.8 cm³/mol. The summed E-state index contributed by atoms with van der Waals surface area (Å²) in [6.07, 6.45) is 5.01. The van der Waals surface area contributed by atoms with Crippen LogP contribution in [0.4, 0.5) is 0 Å². The Morgan fingerprint density at radius 1 is 1.40 bits per heavy atom. The summed E-state index contributed by atoms with van der Waals surface area (Å²) in [5, 5.41) is 0. The average molecular weight is 141 g/mol. The molecule has 0 aromatic rings. The SMILES string of the molecule is CCCCC1(N)CC1(C)C. The molecule has 1 aliphatic carbocycles. The quantitative estimate of drug-likeness (QED) is 0.641. The molecule has 1 fully saturated rings. The maximum absolute atomic E-state index is 6.11. The standard InChI is InChI=1S/C9H19N/c1-4-5-6-9(10)7-8(9,2)3/h4-7,10H2,1-3H3. The molecule has 1 aliphatic rings. The van der Waals surface area contributed by atoms with Crippen molar-refractivity contribution in [3.63, 3.8) is 0 Å². The van der Waals surface area contributed by atoms with Gasteiger partial charge in [0.15, 0.2) is 0 Å². The number of nitrogens with two attached hydrogens (primary N) is 1. The van der Waals surface area contributed by atoms with Crippen LogP contribution in [0.2, 0.25) is 0 Å². The van der Waals surface area contributed by atoms with Gasteiger partial charge >= 0.3 is 0 Å². The summed E-state index contributed by atoms with van der Waals surface area (Å²) in [5.74, 6) is 0. The molecule has 0 spiro atoms. The van der Waals surface area contributed by atoms with Crippen LogP contribution in [0.1, 0.15) is 46.5 Å². The lowest BCUT2D eigenvalue weighted by molar-refractivity contribution is 0.450. The molecule has 60 valence electrons. The molecular weight excluding hydrogens is 122 g/mol. The lowest BCUT2D eigenvalue weighted by Gasteiger charge is -2.13. The largest absolute Gasteiger partial charge is 0.325 e. The summed E-state index contributed by atoms with van der Waals surface area (Å²) >= 11 is 0. The van der Waals surface area contributed by atoms with E-state index in [4.69, 9.17) is 5.73 Å². The highest BCUT2D eigenvalue weighted by Gasteiger charge is 2.57. The van der Waals surface area contributed by atoms with Gasteiger partial charge in [0.05, 0.1) is 0 Å². The van der Waals surface area contributed by atoms with Crippen LogP contribution >= 0.6 is 0 Å². The molecular formula is C9H19N. The van der Waals surface area contributed by atoms with Crippen molar-refractivity contribution in [1.82, 2.24) is 0 Å². The van der Waals surface area contributed by atoms with Crippen LogP contribution in [0.5, 0.6) is 0 Å². The molecule has 0 aliphatic heterocycles. The molecule has 0 saturated heterocycles. The van der Waals surface area contributed by atoms with E-state index in [-0.39, 0.29) is 5.54 Å². The first-order chi connectivity index (χ1) is 4.52. The topological polar surface area (TPSA) is 26.0 Å². The maximum atomic E-state index is 6.11. The second-order valence-corrected chi connectivity index (χ2v) is 4.32. The zero-order chi connectivity index (χ0) is 7.83. The van der Waals surface area contributed by atoms with Gasteiger partial charge in [0, 0.05) is 5.54 Å². The Morgan fingerprint density at radius 2 is 1.90 bits per heavy atom. The van der Waals surface area contributed by atoms with Gasteiger partial charge in [-0.15, -0.1) is 0 Å². The van der Waals surface area contributed by atoms with E-state index in [1.165, 1.54) is 25.7 Å². The Kier molecular flexibility index (Phi) is 1.80. The number of rotatable bonds is 3. The molecule has 0 amide bonds. The predicted octanol–water partition coefficient (Wildman–Crippen LogP) is 2.30. The molecule has 1 unspecified atom stereocenters. The van der Waals surface area contributed by atoms with Gasteiger partial charge in [0.1, 0.15) is 0 Å². The molecule has 2 N–H and O–H groups in total. The molecule has 0 bridgehead atoms. The van der Waals surface area contributed by atoms with Gasteiger partial charge in [-0.3, -0.25) is 0 Å². The molecule has 10 heavy (non-hydrogen) atoms. The fourth-order valence-corrected chi connectivity index (χ4v) is 1.66. The van der Waals surface area contributed by atoms with E-state index >= 15 is 0 Å². The highest BCUT2D eigenvalue weighted by Crippen LogP contribution is 2.56. The molecule has 0 aromatic heterocycles. The zero-order valence-corrected chi connectivity index (χ0v) is 7.41. The normalized spacial score (nSPS) is 36.0. The van der Waals surface area contributed by atoms with Crippen molar-refractivity contribution < 1.29 is 0 Å². The first-order valence-electron chi connectivity index (χ1n) is 4.31. The highest BCUT2D eigenvalue weighted by atomic mass is 14.9. The van der Waals surface area contributed by atoms with Gasteiger partial charge in [0.25, 0.3) is 0 Å². The Labute approximate surface area is 64.0 Å². The minimum atomic E-state index is 0.197. The van der Waals surface area contributed by atoms with Crippen molar-refractivity contribution in [1.29, 1.82) is 0 Å². The van der Waals surface area contributed by atoms with Crippen molar-refractivity contribution in [2.75, 3.05) is 0 Å². The number of unbranched alkanes of at least 4 members (excludes halogenated alkanes) is 1. The Hall–Kier alpha value is -0.0400. The van der Waals surface area contributed by atoms with Crippen molar-refractivity contribution >= 4 is 0 Å². The molecule has 0 heterocycles. The number of hydrogen-bond donors (Lipinski definition) is 1. The fraction of sp³-hybridized carbons (Fsp3) is 1.00. The van der Waals surface area contributed by atoms with Crippen molar-refractivity contribution in [3.05, 3.63) is 0 Å². The third-order valence-corrected chi connectivity index (χ3v) is 2.96. The Balaban J connectivity index is 2.30. The van der Waals surface area contributed by atoms with Gasteiger partial charge < -0.3 is 5.73 Å². The molecule has 1 nitrogen and oxygen atoms in total. The van der Waals surface area contributed by atoms with Gasteiger partial charge in [-0.2, -0.15) is 0 Å². The second kappa shape index (κ2) is 2.23. The van der Waals surface area contributed by atoms with E-state index in [1.54, 1.807) is 0 Å². The summed E-state index contributed by atoms with van der Waals surface area (Å²) in [4.78, 5) is 0. The van der Waals surface area contributed by atoms with Crippen LogP contribution in [0, 0.1) is 5.41 Å². The molecule has 1 rings (SSSR count). The molecule has 0 radical (unpaired) electrons. The van der Waals surface area contributed by atoms with E-state index in [0.29, 0.717) is 5.41 Å². The molecule has 0 aromatic carbocycles. The van der Waals surface area contributed by atoms with Crippen LogP contribution < -0.4 is 5.73 Å². The highest BCUT2D eigenvalue weighted by molar-refractivity contribution is 5.14. The van der Waals surface area contributed by atoms with Gasteiger partial charge in [-0.05, 0) is 18.3 Å². The third kappa shape index (κ3) is 1.20. The van der Waals surface area contributed by atoms with E-state index in [9.17, 15) is 0 Å². The maximum Gasteiger partial charge on any atom is 0.0212 e. The van der Waals surface area contributed by atoms with E-state index in [2.05, 4.69) is 20.8 Å². The third-order valence-electron chi connectivity index (χ3n) is 2.96. The summed E-state index contributed by atoms with van der Waals surface area (Å²) in [5.41, 5.74) is 6.74. The summed E-state index contributed by atoms with van der Waals surface area (Å²) in [7, 11) is 0. The van der Waals surface area contributed by atoms with E-state index in [0.717, 1.165) is 0 Å². The zero-order valence-electron chi connectivity index (χ0n) is 7.41. The lowest BCUT2D eigenvalue weighted by Crippen LogP contribution is -2.27. The first-order valence-corrected chi connectivity index (χ1v) is 4.31. The minimum Gasteiger partial charge on any atom is -0.325 e. The lowest BCUT2D eigenvalue weighted by atomic mass is 10.00. The summed E-state index contributed by atoms with van der Waals surface area (Å²) in [6, 6.07) is 0. The van der Waals surface area contributed by atoms with Crippen molar-refractivity contribution in [3.8, 4) is 0 Å². The smallest absolute Gasteiger partial charge is 0.0212 e. The van der Waals surface area contributed by atoms with Crippen LogP contribution in [0.15, 0.2) is 0 Å². The molecule has 1 atom stereocenters. The van der Waals surface area contributed by atoms with E-state index in [1.807, 2.05) is 0 Å². The average Bonchev–Trinajstić information content (AvgIpc) is 2.29. The van der Waals surface area contributed by atoms with Gasteiger partial charge in [0.2, 0.25) is 0 Å². The summed E-state index contributed by atoms with van der Waals surface area (Å²) in [6.45, 7) is 6.75. The number of hydrogen-bond acceptors (Lipinski definition) is 1. The van der Waals surface area contributed by atoms with Crippen molar-refractivity contribution in [2.24, 2.45) is 11.1 Å². The Morgan fingerprint density at radius 3 is 2.20 bits per heavy atom. The van der Waals surface area contributed by atoms with Crippen LogP contribution in [-0.4, -0.2) is 5.54 Å². The summed E-state index contributed by atoms with van der Waals surface area (Å²) < 4.78 is 0. The minimum absolute atomic E-state index is 0.197. The molecule has 1 saturated carbocycles. The fourth-order valence-electron chi connectivity index (χ4n) is 1.66.